The highest BCUT2D eigenvalue weighted by Crippen LogP contribution is 2.42. The Morgan fingerprint density at radius 3 is 1.67 bits per heavy atom. The third-order valence-electron chi connectivity index (χ3n) is 5.16. The van der Waals surface area contributed by atoms with Crippen LogP contribution in [0.2, 0.25) is 0 Å². The molecule has 1 fully saturated rings. The molecule has 0 unspecified atom stereocenters. The Kier molecular flexibility index (Phi) is 9.87. The lowest BCUT2D eigenvalue weighted by Gasteiger charge is -2.44. The molecule has 1 saturated heterocycles. The molecule has 0 radical (unpaired) electrons. The first-order valence-corrected chi connectivity index (χ1v) is 11.0. The molecule has 2 aromatic carbocycles. The van der Waals surface area contributed by atoms with Crippen LogP contribution >= 0.6 is 15.9 Å². The zero-order valence-corrected chi connectivity index (χ0v) is 19.6. The first-order chi connectivity index (χ1) is 13.0. The van der Waals surface area contributed by atoms with Crippen molar-refractivity contribution in [3.05, 3.63) is 82.0 Å². The zero-order chi connectivity index (χ0) is 20.4. The minimum atomic E-state index is 0.111. The lowest BCUT2D eigenvalue weighted by Crippen LogP contribution is -2.42. The van der Waals surface area contributed by atoms with E-state index in [4.69, 9.17) is 0 Å². The number of likely N-dealkylation sites (tertiary alicyclic amines) is 1. The van der Waals surface area contributed by atoms with Gasteiger partial charge in [-0.1, -0.05) is 92.2 Å². The molecule has 2 heteroatoms. The van der Waals surface area contributed by atoms with Crippen LogP contribution in [0.15, 0.2) is 65.3 Å². The quantitative estimate of drug-likeness (QED) is 0.482. The molecule has 3 rings (SSSR count). The van der Waals surface area contributed by atoms with Crippen LogP contribution < -0.4 is 0 Å². The van der Waals surface area contributed by atoms with E-state index in [2.05, 4.69) is 89.8 Å². The molecule has 1 heterocycles. The number of allylic oxidation sites excluding steroid dienone is 1. The Labute approximate surface area is 175 Å². The molecule has 0 bridgehead atoms. The predicted octanol–water partition coefficient (Wildman–Crippen LogP) is 7.73. The van der Waals surface area contributed by atoms with E-state index in [9.17, 15) is 0 Å². The third kappa shape index (κ3) is 5.72. The molecule has 1 aliphatic heterocycles. The highest BCUT2D eigenvalue weighted by Gasteiger charge is 2.37. The topological polar surface area (TPSA) is 3.24 Å². The number of piperidine rings is 1. The molecule has 0 amide bonds. The summed E-state index contributed by atoms with van der Waals surface area (Å²) in [4.78, 5) is 2.41. The van der Waals surface area contributed by atoms with E-state index in [1.807, 2.05) is 27.7 Å². The Bertz CT molecular complexity index is 630. The van der Waals surface area contributed by atoms with Crippen LogP contribution in [0.3, 0.4) is 0 Å². The van der Waals surface area contributed by atoms with Crippen molar-refractivity contribution in [2.75, 3.05) is 13.1 Å². The summed E-state index contributed by atoms with van der Waals surface area (Å²) in [6.45, 7) is 18.5. The van der Waals surface area contributed by atoms with Crippen molar-refractivity contribution in [2.45, 2.75) is 59.8 Å². The highest BCUT2D eigenvalue weighted by atomic mass is 79.9. The molecule has 1 nitrogen and oxygen atoms in total. The van der Waals surface area contributed by atoms with Crippen LogP contribution in [0.5, 0.6) is 0 Å². The number of halogens is 1. The molecule has 148 valence electrons. The molecule has 0 aromatic heterocycles. The minimum Gasteiger partial charge on any atom is -0.375 e. The number of rotatable bonds is 3. The SMILES string of the molecule is C=C(C)N1CCC(c2ccc(C)cc2)(c2ccc(Br)cc2)CC1.CC.CC. The summed E-state index contributed by atoms with van der Waals surface area (Å²) < 4.78 is 1.14. The largest absolute Gasteiger partial charge is 0.375 e. The van der Waals surface area contributed by atoms with E-state index in [1.54, 1.807) is 0 Å². The van der Waals surface area contributed by atoms with E-state index >= 15 is 0 Å². The fourth-order valence-corrected chi connectivity index (χ4v) is 3.92. The first-order valence-electron chi connectivity index (χ1n) is 10.2. The maximum Gasteiger partial charge on any atom is 0.0236 e. The second-order valence-corrected chi connectivity index (χ2v) is 7.59. The highest BCUT2D eigenvalue weighted by molar-refractivity contribution is 9.10. The van der Waals surface area contributed by atoms with E-state index in [0.717, 1.165) is 30.4 Å². The van der Waals surface area contributed by atoms with Crippen LogP contribution in [-0.4, -0.2) is 18.0 Å². The van der Waals surface area contributed by atoms with Crippen LogP contribution in [-0.2, 0) is 5.41 Å². The van der Waals surface area contributed by atoms with Gasteiger partial charge in [-0.25, -0.2) is 0 Å². The Balaban J connectivity index is 0.000000855. The Hall–Kier alpha value is -1.54. The van der Waals surface area contributed by atoms with Gasteiger partial charge in [-0.2, -0.15) is 0 Å². The van der Waals surface area contributed by atoms with Crippen LogP contribution in [0.25, 0.3) is 0 Å². The average Bonchev–Trinajstić information content (AvgIpc) is 2.72. The number of nitrogens with zero attached hydrogens (tertiary/aromatic N) is 1. The monoisotopic (exact) mass is 429 g/mol. The molecule has 0 saturated carbocycles. The molecule has 1 aliphatic rings. The number of aryl methyl sites for hydroxylation is 1. The average molecular weight is 430 g/mol. The van der Waals surface area contributed by atoms with E-state index in [-0.39, 0.29) is 5.41 Å². The zero-order valence-electron chi connectivity index (χ0n) is 18.0. The van der Waals surface area contributed by atoms with Gasteiger partial charge in [0.1, 0.15) is 0 Å². The van der Waals surface area contributed by atoms with Gasteiger partial charge in [0.2, 0.25) is 0 Å². The number of benzene rings is 2. The van der Waals surface area contributed by atoms with Gasteiger partial charge in [-0.3, -0.25) is 0 Å². The second-order valence-electron chi connectivity index (χ2n) is 6.68. The van der Waals surface area contributed by atoms with Crippen molar-refractivity contribution >= 4 is 15.9 Å². The summed E-state index contributed by atoms with van der Waals surface area (Å²) in [5.41, 5.74) is 5.47. The van der Waals surface area contributed by atoms with Gasteiger partial charge < -0.3 is 4.90 Å². The van der Waals surface area contributed by atoms with Crippen LogP contribution in [0, 0.1) is 6.92 Å². The number of hydrogen-bond acceptors (Lipinski definition) is 1. The van der Waals surface area contributed by atoms with Crippen molar-refractivity contribution in [3.8, 4) is 0 Å². The van der Waals surface area contributed by atoms with Gasteiger partial charge in [-0.05, 0) is 49.9 Å². The molecule has 0 N–H and O–H groups in total. The maximum atomic E-state index is 4.11. The standard InChI is InChI=1S/C21H24BrN.2C2H6/c1-16(2)23-14-12-21(13-15-23,18-6-4-17(3)5-7-18)19-8-10-20(22)11-9-19;2*1-2/h4-11H,1,12-15H2,2-3H3;2*1-2H3. The van der Waals surface area contributed by atoms with Gasteiger partial charge >= 0.3 is 0 Å². The van der Waals surface area contributed by atoms with Crippen molar-refractivity contribution in [3.63, 3.8) is 0 Å². The molecule has 0 spiro atoms. The van der Waals surface area contributed by atoms with Crippen molar-refractivity contribution < 1.29 is 0 Å². The molecular weight excluding hydrogens is 394 g/mol. The van der Waals surface area contributed by atoms with E-state index < -0.39 is 0 Å². The molecule has 2 aromatic rings. The van der Waals surface area contributed by atoms with E-state index in [1.165, 1.54) is 22.4 Å². The fourth-order valence-electron chi connectivity index (χ4n) is 3.66. The Morgan fingerprint density at radius 2 is 1.26 bits per heavy atom. The molecule has 27 heavy (non-hydrogen) atoms. The van der Waals surface area contributed by atoms with Gasteiger partial charge in [-0.15, -0.1) is 0 Å². The van der Waals surface area contributed by atoms with Crippen LogP contribution in [0.4, 0.5) is 0 Å². The normalized spacial score (nSPS) is 15.0. The number of hydrogen-bond donors (Lipinski definition) is 0. The third-order valence-corrected chi connectivity index (χ3v) is 5.69. The first kappa shape index (κ1) is 23.5. The fraction of sp³-hybridized carbons (Fsp3) is 0.440. The van der Waals surface area contributed by atoms with Gasteiger partial charge in [0.05, 0.1) is 0 Å². The summed E-state index contributed by atoms with van der Waals surface area (Å²) in [7, 11) is 0. The summed E-state index contributed by atoms with van der Waals surface area (Å²) >= 11 is 3.56. The van der Waals surface area contributed by atoms with Gasteiger partial charge in [0, 0.05) is 28.7 Å². The second kappa shape index (κ2) is 11.3. The van der Waals surface area contributed by atoms with E-state index in [0.29, 0.717) is 0 Å². The summed E-state index contributed by atoms with van der Waals surface area (Å²) in [5.74, 6) is 0. The summed E-state index contributed by atoms with van der Waals surface area (Å²) in [5, 5.41) is 0. The summed E-state index contributed by atoms with van der Waals surface area (Å²) in [6.07, 6.45) is 2.26. The molecule has 0 aliphatic carbocycles. The molecule has 0 atom stereocenters. The van der Waals surface area contributed by atoms with Gasteiger partial charge in [0.15, 0.2) is 0 Å². The smallest absolute Gasteiger partial charge is 0.0236 e. The van der Waals surface area contributed by atoms with Crippen LogP contribution in [0.1, 0.15) is 64.2 Å². The lowest BCUT2D eigenvalue weighted by molar-refractivity contribution is 0.221. The maximum absolute atomic E-state index is 4.11. The Morgan fingerprint density at radius 1 is 0.852 bits per heavy atom. The van der Waals surface area contributed by atoms with Crippen molar-refractivity contribution in [1.82, 2.24) is 4.90 Å². The van der Waals surface area contributed by atoms with Crippen molar-refractivity contribution in [2.24, 2.45) is 0 Å². The molecular formula is C25H36BrN. The summed E-state index contributed by atoms with van der Waals surface area (Å²) in [6, 6.07) is 18.0. The predicted molar refractivity (Wildman–Crippen MR) is 124 cm³/mol. The lowest BCUT2D eigenvalue weighted by atomic mass is 9.68. The van der Waals surface area contributed by atoms with Crippen molar-refractivity contribution in [1.29, 1.82) is 0 Å². The minimum absolute atomic E-state index is 0.111. The van der Waals surface area contributed by atoms with Gasteiger partial charge in [0.25, 0.3) is 0 Å².